The maximum Gasteiger partial charge on any atom is 0.306 e. The van der Waals surface area contributed by atoms with E-state index in [4.69, 9.17) is 18.5 Å². The summed E-state index contributed by atoms with van der Waals surface area (Å²) in [4.78, 5) is 38.2. The number of unbranched alkanes of at least 4 members (excludes halogenated alkanes) is 41. The van der Waals surface area contributed by atoms with Crippen LogP contribution in [0.3, 0.4) is 0 Å². The van der Waals surface area contributed by atoms with Crippen molar-refractivity contribution in [2.45, 2.75) is 380 Å². The zero-order valence-electron chi connectivity index (χ0n) is 65.9. The van der Waals surface area contributed by atoms with E-state index in [0.717, 1.165) is 109 Å². The maximum atomic E-state index is 12.9. The third-order valence-electron chi connectivity index (χ3n) is 18.2. The van der Waals surface area contributed by atoms with Gasteiger partial charge in [-0.1, -0.05) is 379 Å². The summed E-state index contributed by atoms with van der Waals surface area (Å²) < 4.78 is 34.4. The number of phosphoric acid groups is 1. The number of carbonyl (C=O) groups excluding carboxylic acids is 2. The smallest absolute Gasteiger partial charge is 0.306 e. The summed E-state index contributed by atoms with van der Waals surface area (Å²) in [7, 11) is 1.16. The van der Waals surface area contributed by atoms with E-state index >= 15 is 0 Å². The summed E-state index contributed by atoms with van der Waals surface area (Å²) in [5.41, 5.74) is 0. The van der Waals surface area contributed by atoms with Gasteiger partial charge in [-0.15, -0.1) is 0 Å². The highest BCUT2D eigenvalue weighted by Crippen LogP contribution is 2.38. The van der Waals surface area contributed by atoms with E-state index in [1.807, 2.05) is 21.1 Å². The Morgan fingerprint density at radius 1 is 0.320 bits per heavy atom. The number of carbonyl (C=O) groups is 2. The molecule has 0 aromatic carbocycles. The topological polar surface area (TPSA) is 111 Å². The van der Waals surface area contributed by atoms with Crippen LogP contribution in [0, 0.1) is 0 Å². The summed E-state index contributed by atoms with van der Waals surface area (Å²) in [5, 5.41) is 0. The van der Waals surface area contributed by atoms with Crippen LogP contribution in [0.4, 0.5) is 0 Å². The average molecular weight is 1410 g/mol. The third kappa shape index (κ3) is 83.1. The highest BCUT2D eigenvalue weighted by molar-refractivity contribution is 7.45. The minimum Gasteiger partial charge on any atom is -0.756 e. The second-order valence-electron chi connectivity index (χ2n) is 29.1. The van der Waals surface area contributed by atoms with E-state index < -0.39 is 26.5 Å². The first-order valence-corrected chi connectivity index (χ1v) is 43.4. The number of hydrogen-bond donors (Lipinski definition) is 0. The number of phosphoric ester groups is 1. The molecular weight excluding hydrogens is 1250 g/mol. The molecule has 10 heteroatoms. The Balaban J connectivity index is 3.97. The van der Waals surface area contributed by atoms with Gasteiger partial charge < -0.3 is 27.9 Å². The van der Waals surface area contributed by atoms with E-state index in [-0.39, 0.29) is 32.0 Å². The highest BCUT2D eigenvalue weighted by atomic mass is 31.2. The van der Waals surface area contributed by atoms with E-state index in [1.165, 1.54) is 231 Å². The Labute approximate surface area is 619 Å². The van der Waals surface area contributed by atoms with E-state index in [0.29, 0.717) is 17.4 Å². The molecule has 0 aromatic heterocycles. The van der Waals surface area contributed by atoms with Crippen molar-refractivity contribution >= 4 is 19.8 Å². The first kappa shape index (κ1) is 96.2. The number of quaternary nitrogens is 1. The molecule has 0 aromatic rings. The van der Waals surface area contributed by atoms with Gasteiger partial charge in [-0.3, -0.25) is 14.2 Å². The SMILES string of the molecule is CC/C=C\C/C=C\C/C=C\C/C=C\C/C=C\C/C=C\C/C=C\C/C=C\C/C=C\CCCCCCCCCC(=O)OC(COC(=O)CCCCCCCCCCCCCCCCCCCCCCCCCCCCCCC/C=C\C/C=C\CCCCCCC)COP(=O)([O-])OCC[N+](C)(C)C. The van der Waals surface area contributed by atoms with Gasteiger partial charge in [0.2, 0.25) is 0 Å². The first-order valence-electron chi connectivity index (χ1n) is 41.9. The van der Waals surface area contributed by atoms with Crippen LogP contribution in [-0.4, -0.2) is 70.0 Å². The molecular formula is C90H158NO8P. The molecule has 0 aliphatic rings. The van der Waals surface area contributed by atoms with Crippen molar-refractivity contribution in [1.82, 2.24) is 0 Å². The number of nitrogens with zero attached hydrogens (tertiary/aromatic N) is 1. The molecule has 0 heterocycles. The van der Waals surface area contributed by atoms with Crippen molar-refractivity contribution in [3.05, 3.63) is 134 Å². The summed E-state index contributed by atoms with van der Waals surface area (Å²) >= 11 is 0. The molecule has 0 rings (SSSR count). The lowest BCUT2D eigenvalue weighted by molar-refractivity contribution is -0.870. The van der Waals surface area contributed by atoms with Gasteiger partial charge in [0.15, 0.2) is 6.10 Å². The second kappa shape index (κ2) is 79.3. The van der Waals surface area contributed by atoms with Gasteiger partial charge in [-0.05, 0) is 116 Å². The molecule has 0 radical (unpaired) electrons. The zero-order chi connectivity index (χ0) is 72.5. The number of likely N-dealkylation sites (N-methyl/N-ethyl adjacent to an activating group) is 1. The molecule has 0 bridgehead atoms. The molecule has 0 fully saturated rings. The van der Waals surface area contributed by atoms with Crippen molar-refractivity contribution in [2.24, 2.45) is 0 Å². The fourth-order valence-corrected chi connectivity index (χ4v) is 12.5. The van der Waals surface area contributed by atoms with Gasteiger partial charge in [0.05, 0.1) is 27.7 Å². The first-order chi connectivity index (χ1) is 49.0. The second-order valence-corrected chi connectivity index (χ2v) is 30.5. The van der Waals surface area contributed by atoms with E-state index in [2.05, 4.69) is 148 Å². The van der Waals surface area contributed by atoms with Crippen molar-refractivity contribution in [3.63, 3.8) is 0 Å². The molecule has 100 heavy (non-hydrogen) atoms. The minimum absolute atomic E-state index is 0.0376. The van der Waals surface area contributed by atoms with Crippen LogP contribution in [0.2, 0.25) is 0 Å². The quantitative estimate of drug-likeness (QED) is 0.0195. The van der Waals surface area contributed by atoms with Crippen LogP contribution in [-0.2, 0) is 32.7 Å². The predicted molar refractivity (Wildman–Crippen MR) is 434 cm³/mol. The largest absolute Gasteiger partial charge is 0.756 e. The molecule has 0 spiro atoms. The minimum atomic E-state index is -4.66. The summed E-state index contributed by atoms with van der Waals surface area (Å²) in [6.07, 6.45) is 116. The van der Waals surface area contributed by atoms with Gasteiger partial charge >= 0.3 is 11.9 Å². The van der Waals surface area contributed by atoms with Crippen molar-refractivity contribution in [3.8, 4) is 0 Å². The lowest BCUT2D eigenvalue weighted by atomic mass is 10.0. The van der Waals surface area contributed by atoms with Gasteiger partial charge in [0.1, 0.15) is 19.8 Å². The maximum absolute atomic E-state index is 12.9. The number of esters is 2. The lowest BCUT2D eigenvalue weighted by Gasteiger charge is -2.28. The Kier molecular flexibility index (Phi) is 76.2. The average Bonchev–Trinajstić information content (AvgIpc) is 1.65. The molecule has 9 nitrogen and oxygen atoms in total. The fourth-order valence-electron chi connectivity index (χ4n) is 11.8. The molecule has 576 valence electrons. The third-order valence-corrected chi connectivity index (χ3v) is 19.1. The van der Waals surface area contributed by atoms with Crippen molar-refractivity contribution in [1.29, 1.82) is 0 Å². The highest BCUT2D eigenvalue weighted by Gasteiger charge is 2.22. The fraction of sp³-hybridized carbons (Fsp3) is 0.733. The van der Waals surface area contributed by atoms with Crippen LogP contribution in [0.5, 0.6) is 0 Å². The van der Waals surface area contributed by atoms with Crippen molar-refractivity contribution in [2.75, 3.05) is 47.5 Å². The molecule has 0 saturated heterocycles. The standard InChI is InChI=1S/C90H158NO8P/c1-6-8-10-12-14-16-18-20-22-24-26-28-30-32-34-36-38-40-42-43-44-45-46-47-49-50-52-54-56-58-60-62-64-66-68-70-72-74-76-78-80-82-89(92)96-86-88(87-98-100(94,95)97-85-84-91(3,4)5)99-90(93)83-81-79-77-75-73-71-69-67-65-63-61-59-57-55-53-51-48-41-39-37-35-33-31-29-27-25-23-21-19-17-15-13-11-9-7-2/h9,11,15,17-18,20-21,23-24,26-27,29,33,35,39,41,51,53,57,59,63,65,88H,6-8,10,12-14,16,19,22,25,28,30-32,34,36-38,40,42-50,52,54-56,58,60-62,64,66-87H2,1-5H3/b11-9-,17-15-,20-18-,23-21-,26-24-,29-27-,35-33-,41-39-,53-51-,59-57-,65-63-. The van der Waals surface area contributed by atoms with Gasteiger partial charge in [-0.25, -0.2) is 0 Å². The Morgan fingerprint density at radius 2 is 0.570 bits per heavy atom. The van der Waals surface area contributed by atoms with Gasteiger partial charge in [0.25, 0.3) is 7.82 Å². The van der Waals surface area contributed by atoms with Gasteiger partial charge in [-0.2, -0.15) is 0 Å². The van der Waals surface area contributed by atoms with Crippen LogP contribution >= 0.6 is 7.82 Å². The number of hydrogen-bond acceptors (Lipinski definition) is 8. The van der Waals surface area contributed by atoms with Crippen LogP contribution in [0.25, 0.3) is 0 Å². The Bertz CT molecular complexity index is 2160. The summed E-state index contributed by atoms with van der Waals surface area (Å²) in [6, 6.07) is 0. The predicted octanol–water partition coefficient (Wildman–Crippen LogP) is 27.7. The summed E-state index contributed by atoms with van der Waals surface area (Å²) in [6.45, 7) is 4.13. The van der Waals surface area contributed by atoms with Crippen molar-refractivity contribution < 1.29 is 42.1 Å². The Morgan fingerprint density at radius 3 is 0.850 bits per heavy atom. The summed E-state index contributed by atoms with van der Waals surface area (Å²) in [5.74, 6) is -0.839. The van der Waals surface area contributed by atoms with Gasteiger partial charge in [0, 0.05) is 12.8 Å². The number of ether oxygens (including phenoxy) is 2. The van der Waals surface area contributed by atoms with Crippen LogP contribution in [0.15, 0.2) is 134 Å². The molecule has 0 saturated carbocycles. The molecule has 2 atom stereocenters. The normalized spacial score (nSPS) is 13.7. The lowest BCUT2D eigenvalue weighted by Crippen LogP contribution is -2.37. The monoisotopic (exact) mass is 1410 g/mol. The Hall–Kier alpha value is -3.85. The van der Waals surface area contributed by atoms with Crippen LogP contribution < -0.4 is 4.89 Å². The molecule has 0 amide bonds. The molecule has 0 N–H and O–H groups in total. The number of allylic oxidation sites excluding steroid dienone is 22. The molecule has 0 aliphatic heterocycles. The molecule has 2 unspecified atom stereocenters. The zero-order valence-corrected chi connectivity index (χ0v) is 66.8. The van der Waals surface area contributed by atoms with Crippen LogP contribution in [0.1, 0.15) is 373 Å². The number of rotatable bonds is 77. The van der Waals surface area contributed by atoms with E-state index in [1.54, 1.807) is 0 Å². The van der Waals surface area contributed by atoms with E-state index in [9.17, 15) is 19.0 Å². The molecule has 0 aliphatic carbocycles.